The van der Waals surface area contributed by atoms with Gasteiger partial charge in [0, 0.05) is 5.41 Å². The number of hydrogen-bond donors (Lipinski definition) is 2. The second kappa shape index (κ2) is 7.20. The zero-order valence-electron chi connectivity index (χ0n) is 22.2. The molecule has 34 heavy (non-hydrogen) atoms. The van der Waals surface area contributed by atoms with Crippen molar-refractivity contribution in [2.45, 2.75) is 112 Å². The largest absolute Gasteiger partial charge is 0.481 e. The van der Waals surface area contributed by atoms with Gasteiger partial charge in [-0.05, 0) is 104 Å². The molecule has 0 bridgehead atoms. The number of carbonyl (C=O) groups excluding carboxylic acids is 1. The number of hydrogen-bond acceptors (Lipinski definition) is 3. The highest BCUT2D eigenvalue weighted by Crippen LogP contribution is 2.75. The van der Waals surface area contributed by atoms with Gasteiger partial charge in [0.05, 0.1) is 11.5 Å². The number of aliphatic carboxylic acids is 1. The molecule has 0 aromatic rings. The normalized spacial score (nSPS) is 53.9. The maximum Gasteiger partial charge on any atom is 0.310 e. The first-order chi connectivity index (χ1) is 15.7. The molecule has 5 aliphatic rings. The van der Waals surface area contributed by atoms with Crippen LogP contribution in [-0.4, -0.2) is 28.6 Å². The number of aliphatic hydroxyl groups excluding tert-OH is 1. The molecule has 4 nitrogen and oxygen atoms in total. The lowest BCUT2D eigenvalue weighted by molar-refractivity contribution is -0.205. The topological polar surface area (TPSA) is 74.6 Å². The number of fused-ring (bicyclic) bond motifs is 7. The summed E-state index contributed by atoms with van der Waals surface area (Å²) in [7, 11) is 0. The van der Waals surface area contributed by atoms with E-state index in [-0.39, 0.29) is 33.7 Å². The number of allylic oxidation sites excluding steroid dienone is 2. The molecule has 5 aliphatic carbocycles. The van der Waals surface area contributed by atoms with Gasteiger partial charge in [-0.2, -0.15) is 0 Å². The van der Waals surface area contributed by atoms with Crippen LogP contribution in [0.4, 0.5) is 0 Å². The summed E-state index contributed by atoms with van der Waals surface area (Å²) in [5.41, 5.74) is 0.424. The third-order valence-corrected chi connectivity index (χ3v) is 13.1. The first-order valence-corrected chi connectivity index (χ1v) is 13.8. The highest BCUT2D eigenvalue weighted by Gasteiger charge is 2.69. The molecule has 0 saturated heterocycles. The predicted molar refractivity (Wildman–Crippen MR) is 133 cm³/mol. The molecule has 0 amide bonds. The number of carboxylic acids is 1. The molecule has 0 spiro atoms. The molecule has 4 heteroatoms. The maximum absolute atomic E-state index is 12.8. The van der Waals surface area contributed by atoms with Crippen LogP contribution in [0.25, 0.3) is 0 Å². The summed E-state index contributed by atoms with van der Waals surface area (Å²) in [6, 6.07) is 0. The SMILES string of the molecule is CC1(C)[C@@H](O)CC[C@]2(C)[C@H]3CC=C4[C@@H]5C[C@](C)(C=O)CC[C@]5(C(=O)O)CC[C@@]4(C)[C@]3(C)CC[C@@H]12. The summed E-state index contributed by atoms with van der Waals surface area (Å²) < 4.78 is 0. The minimum Gasteiger partial charge on any atom is -0.481 e. The van der Waals surface area contributed by atoms with Crippen LogP contribution >= 0.6 is 0 Å². The molecular weight excluding hydrogens is 424 g/mol. The second-order valence-corrected chi connectivity index (χ2v) is 14.7. The lowest BCUT2D eigenvalue weighted by atomic mass is 9.33. The highest BCUT2D eigenvalue weighted by atomic mass is 16.4. The molecule has 190 valence electrons. The fraction of sp³-hybridized carbons (Fsp3) is 0.867. The fourth-order valence-electron chi connectivity index (χ4n) is 10.6. The van der Waals surface area contributed by atoms with Crippen molar-refractivity contribution >= 4 is 12.3 Å². The highest BCUT2D eigenvalue weighted by molar-refractivity contribution is 5.77. The Morgan fingerprint density at radius 3 is 2.26 bits per heavy atom. The summed E-state index contributed by atoms with van der Waals surface area (Å²) >= 11 is 0. The van der Waals surface area contributed by atoms with E-state index in [0.29, 0.717) is 31.1 Å². The van der Waals surface area contributed by atoms with Crippen LogP contribution in [0.2, 0.25) is 0 Å². The second-order valence-electron chi connectivity index (χ2n) is 14.7. The van der Waals surface area contributed by atoms with E-state index in [1.165, 1.54) is 5.57 Å². The van der Waals surface area contributed by atoms with E-state index in [1.54, 1.807) is 0 Å². The molecule has 0 radical (unpaired) electrons. The molecule has 4 fully saturated rings. The molecule has 0 aliphatic heterocycles. The van der Waals surface area contributed by atoms with Crippen molar-refractivity contribution in [1.82, 2.24) is 0 Å². The lowest BCUT2D eigenvalue weighted by Crippen LogP contribution is -2.65. The van der Waals surface area contributed by atoms with Crippen LogP contribution < -0.4 is 0 Å². The maximum atomic E-state index is 12.8. The first kappa shape index (κ1) is 24.5. The van der Waals surface area contributed by atoms with E-state index in [1.807, 2.05) is 6.92 Å². The zero-order valence-corrected chi connectivity index (χ0v) is 22.2. The van der Waals surface area contributed by atoms with Gasteiger partial charge >= 0.3 is 5.97 Å². The van der Waals surface area contributed by atoms with Gasteiger partial charge in [0.25, 0.3) is 0 Å². The Hall–Kier alpha value is -1.16. The van der Waals surface area contributed by atoms with Crippen LogP contribution in [0.1, 0.15) is 106 Å². The van der Waals surface area contributed by atoms with Gasteiger partial charge < -0.3 is 15.0 Å². The summed E-state index contributed by atoms with van der Waals surface area (Å²) in [5, 5.41) is 21.4. The summed E-state index contributed by atoms with van der Waals surface area (Å²) in [6.07, 6.45) is 12.2. The van der Waals surface area contributed by atoms with Gasteiger partial charge in [0.15, 0.2) is 0 Å². The van der Waals surface area contributed by atoms with Crippen LogP contribution in [0.3, 0.4) is 0 Å². The van der Waals surface area contributed by atoms with Crippen molar-refractivity contribution in [3.63, 3.8) is 0 Å². The monoisotopic (exact) mass is 470 g/mol. The fourth-order valence-corrected chi connectivity index (χ4v) is 10.6. The summed E-state index contributed by atoms with van der Waals surface area (Å²) in [4.78, 5) is 24.8. The average Bonchev–Trinajstić information content (AvgIpc) is 2.77. The Bertz CT molecular complexity index is 936. The van der Waals surface area contributed by atoms with Crippen LogP contribution in [0.15, 0.2) is 11.6 Å². The van der Waals surface area contributed by atoms with Crippen LogP contribution in [0.5, 0.6) is 0 Å². The molecule has 0 aromatic carbocycles. The molecule has 0 heterocycles. The van der Waals surface area contributed by atoms with Crippen molar-refractivity contribution in [3.05, 3.63) is 11.6 Å². The third kappa shape index (κ3) is 2.81. The summed E-state index contributed by atoms with van der Waals surface area (Å²) in [6.45, 7) is 14.0. The van der Waals surface area contributed by atoms with Crippen molar-refractivity contribution in [2.75, 3.05) is 0 Å². The molecule has 5 rings (SSSR count). The van der Waals surface area contributed by atoms with Gasteiger partial charge in [0.1, 0.15) is 6.29 Å². The Labute approximate surface area is 206 Å². The lowest BCUT2D eigenvalue weighted by Gasteiger charge is -2.71. The average molecular weight is 471 g/mol. The number of rotatable bonds is 2. The van der Waals surface area contributed by atoms with Gasteiger partial charge in [-0.15, -0.1) is 0 Å². The zero-order chi connectivity index (χ0) is 24.9. The van der Waals surface area contributed by atoms with E-state index >= 15 is 0 Å². The standard InChI is InChI=1S/C30H46O4/c1-25(2)21-9-12-29(6)22(27(21,4)11-10-23(25)32)8-7-19-20-17-26(3,18-31)13-15-30(20,24(33)34)16-14-28(19,29)5/h7,18,20-23,32H,8-17H2,1-6H3,(H,33,34)/t20-,21-,22+,23-,26+,27-,28+,29+,30-/m0/s1. The van der Waals surface area contributed by atoms with Crippen LogP contribution in [0, 0.1) is 50.2 Å². The van der Waals surface area contributed by atoms with E-state index in [4.69, 9.17) is 0 Å². The number of carboxylic acid groups (broad SMARTS) is 1. The van der Waals surface area contributed by atoms with Gasteiger partial charge in [-0.3, -0.25) is 4.79 Å². The first-order valence-electron chi connectivity index (χ1n) is 13.8. The van der Waals surface area contributed by atoms with E-state index in [2.05, 4.69) is 40.7 Å². The molecule has 2 N–H and O–H groups in total. The molecule has 4 saturated carbocycles. The molecule has 0 unspecified atom stereocenters. The van der Waals surface area contributed by atoms with Crippen molar-refractivity contribution in [2.24, 2.45) is 50.2 Å². The smallest absolute Gasteiger partial charge is 0.310 e. The van der Waals surface area contributed by atoms with Crippen LogP contribution in [-0.2, 0) is 9.59 Å². The molecular formula is C30H46O4. The molecule has 0 aromatic heterocycles. The van der Waals surface area contributed by atoms with Crippen molar-refractivity contribution < 1.29 is 19.8 Å². The summed E-state index contributed by atoms with van der Waals surface area (Å²) in [5.74, 6) is 0.354. The number of aldehydes is 1. The predicted octanol–water partition coefficient (Wildman–Crippen LogP) is 6.41. The number of aliphatic hydroxyl groups is 1. The molecule has 9 atom stereocenters. The van der Waals surface area contributed by atoms with E-state index < -0.39 is 16.8 Å². The Morgan fingerprint density at radius 2 is 1.62 bits per heavy atom. The van der Waals surface area contributed by atoms with Crippen molar-refractivity contribution in [3.8, 4) is 0 Å². The van der Waals surface area contributed by atoms with E-state index in [0.717, 1.165) is 51.2 Å². The third-order valence-electron chi connectivity index (χ3n) is 13.1. The van der Waals surface area contributed by atoms with E-state index in [9.17, 15) is 19.8 Å². The van der Waals surface area contributed by atoms with Gasteiger partial charge in [-0.25, -0.2) is 0 Å². The van der Waals surface area contributed by atoms with Gasteiger partial charge in [0.2, 0.25) is 0 Å². The Balaban J connectivity index is 1.60. The van der Waals surface area contributed by atoms with Gasteiger partial charge in [-0.1, -0.05) is 53.2 Å². The minimum absolute atomic E-state index is 0.0329. The number of carbonyl (C=O) groups is 2. The Kier molecular flexibility index (Phi) is 5.20. The quantitative estimate of drug-likeness (QED) is 0.361. The Morgan fingerprint density at radius 1 is 0.941 bits per heavy atom. The van der Waals surface area contributed by atoms with Crippen molar-refractivity contribution in [1.29, 1.82) is 0 Å². The minimum atomic E-state index is -0.713.